The number of nitrogens with two attached hydrogens (primary N) is 1. The van der Waals surface area contributed by atoms with Gasteiger partial charge in [0.05, 0.1) is 12.5 Å². The van der Waals surface area contributed by atoms with Gasteiger partial charge in [-0.3, -0.25) is 9.59 Å². The third-order valence-electron chi connectivity index (χ3n) is 3.17. The lowest BCUT2D eigenvalue weighted by Crippen LogP contribution is -2.34. The summed E-state index contributed by atoms with van der Waals surface area (Å²) in [6.45, 7) is 0.183. The molecule has 1 rings (SSSR count). The van der Waals surface area contributed by atoms with Crippen molar-refractivity contribution < 1.29 is 19.4 Å². The first kappa shape index (κ1) is 17.1. The van der Waals surface area contributed by atoms with Crippen molar-refractivity contribution in [2.24, 2.45) is 5.73 Å². The minimum atomic E-state index is -0.956. The van der Waals surface area contributed by atoms with E-state index in [-0.39, 0.29) is 24.9 Å². The van der Waals surface area contributed by atoms with Crippen LogP contribution in [0.25, 0.3) is 0 Å². The smallest absolute Gasteiger partial charge is 0.306 e. The van der Waals surface area contributed by atoms with Crippen molar-refractivity contribution in [2.75, 3.05) is 13.7 Å². The van der Waals surface area contributed by atoms with Gasteiger partial charge in [-0.15, -0.1) is 0 Å². The zero-order valence-electron chi connectivity index (χ0n) is 12.1. The first-order chi connectivity index (χ1) is 10.0. The summed E-state index contributed by atoms with van der Waals surface area (Å²) in [6, 6.07) is 9.40. The number of hydrogen-bond acceptors (Lipinski definition) is 4. The molecule has 0 aliphatic heterocycles. The molecule has 1 amide bonds. The van der Waals surface area contributed by atoms with Crippen LogP contribution >= 0.6 is 0 Å². The maximum absolute atomic E-state index is 11.7. The van der Waals surface area contributed by atoms with Crippen molar-refractivity contribution in [1.82, 2.24) is 5.32 Å². The van der Waals surface area contributed by atoms with Crippen molar-refractivity contribution in [2.45, 2.75) is 31.4 Å². The summed E-state index contributed by atoms with van der Waals surface area (Å²) < 4.78 is 4.99. The average Bonchev–Trinajstić information content (AvgIpc) is 2.49. The van der Waals surface area contributed by atoms with Gasteiger partial charge in [-0.05, 0) is 12.0 Å². The van der Waals surface area contributed by atoms with Gasteiger partial charge in [-0.2, -0.15) is 0 Å². The maximum atomic E-state index is 11.7. The van der Waals surface area contributed by atoms with Gasteiger partial charge in [0, 0.05) is 26.1 Å². The quantitative estimate of drug-likeness (QED) is 0.632. The van der Waals surface area contributed by atoms with E-state index >= 15 is 0 Å². The summed E-state index contributed by atoms with van der Waals surface area (Å²) in [4.78, 5) is 22.3. The van der Waals surface area contributed by atoms with E-state index in [0.29, 0.717) is 12.8 Å². The molecule has 0 aromatic heterocycles. The third-order valence-corrected chi connectivity index (χ3v) is 3.17. The van der Waals surface area contributed by atoms with Crippen molar-refractivity contribution in [3.63, 3.8) is 0 Å². The topological polar surface area (TPSA) is 102 Å². The molecular weight excluding hydrogens is 272 g/mol. The number of carbonyl (C=O) groups is 2. The number of benzene rings is 1. The van der Waals surface area contributed by atoms with Crippen LogP contribution in [-0.2, 0) is 14.3 Å². The summed E-state index contributed by atoms with van der Waals surface area (Å²) in [5.74, 6) is -1.11. The molecule has 0 aliphatic carbocycles. The van der Waals surface area contributed by atoms with Gasteiger partial charge in [0.15, 0.2) is 0 Å². The molecule has 1 aromatic rings. The lowest BCUT2D eigenvalue weighted by Gasteiger charge is -2.15. The van der Waals surface area contributed by atoms with Crippen LogP contribution in [0.5, 0.6) is 0 Å². The molecule has 0 spiro atoms. The van der Waals surface area contributed by atoms with Crippen molar-refractivity contribution in [3.8, 4) is 0 Å². The van der Waals surface area contributed by atoms with E-state index in [9.17, 15) is 9.59 Å². The van der Waals surface area contributed by atoms with Crippen molar-refractivity contribution >= 4 is 11.9 Å². The fourth-order valence-corrected chi connectivity index (χ4v) is 1.90. The molecule has 2 atom stereocenters. The highest BCUT2D eigenvalue weighted by Gasteiger charge is 2.14. The molecule has 4 N–H and O–H groups in total. The van der Waals surface area contributed by atoms with Crippen LogP contribution in [0.4, 0.5) is 0 Å². The van der Waals surface area contributed by atoms with E-state index in [4.69, 9.17) is 15.6 Å². The number of carbonyl (C=O) groups excluding carboxylic acids is 1. The molecule has 116 valence electrons. The fraction of sp³-hybridized carbons (Fsp3) is 0.467. The molecule has 0 aliphatic rings. The summed E-state index contributed by atoms with van der Waals surface area (Å²) in [7, 11) is 1.42. The minimum Gasteiger partial charge on any atom is -0.481 e. The fourth-order valence-electron chi connectivity index (χ4n) is 1.90. The third kappa shape index (κ3) is 6.87. The Hall–Kier alpha value is -1.92. The van der Waals surface area contributed by atoms with Gasteiger partial charge in [0.1, 0.15) is 0 Å². The number of hydrogen-bond donors (Lipinski definition) is 3. The minimum absolute atomic E-state index is 0.139. The van der Waals surface area contributed by atoms with Crippen LogP contribution in [0.15, 0.2) is 30.3 Å². The Morgan fingerprint density at radius 3 is 2.57 bits per heavy atom. The molecule has 6 heteroatoms. The second kappa shape index (κ2) is 9.10. The van der Waals surface area contributed by atoms with E-state index in [1.807, 2.05) is 30.3 Å². The van der Waals surface area contributed by atoms with Gasteiger partial charge in [-0.1, -0.05) is 30.3 Å². The second-order valence-corrected chi connectivity index (χ2v) is 4.82. The largest absolute Gasteiger partial charge is 0.481 e. The predicted molar refractivity (Wildman–Crippen MR) is 78.7 cm³/mol. The number of carboxylic acids is 1. The van der Waals surface area contributed by atoms with Crippen LogP contribution in [-0.4, -0.2) is 36.7 Å². The Morgan fingerprint density at radius 1 is 1.33 bits per heavy atom. The van der Waals surface area contributed by atoms with E-state index < -0.39 is 12.1 Å². The van der Waals surface area contributed by atoms with E-state index in [0.717, 1.165) is 5.56 Å². The first-order valence-electron chi connectivity index (χ1n) is 6.84. The number of rotatable bonds is 9. The summed E-state index contributed by atoms with van der Waals surface area (Å²) in [5, 5.41) is 11.3. The normalized spacial score (nSPS) is 13.4. The summed E-state index contributed by atoms with van der Waals surface area (Å²) >= 11 is 0. The van der Waals surface area contributed by atoms with Crippen molar-refractivity contribution in [3.05, 3.63) is 35.9 Å². The Morgan fingerprint density at radius 2 is 2.00 bits per heavy atom. The molecule has 0 radical (unpaired) electrons. The van der Waals surface area contributed by atoms with Gasteiger partial charge in [0.2, 0.25) is 5.91 Å². The van der Waals surface area contributed by atoms with E-state index in [1.165, 1.54) is 7.11 Å². The van der Waals surface area contributed by atoms with Crippen LogP contribution < -0.4 is 11.1 Å². The second-order valence-electron chi connectivity index (χ2n) is 4.82. The average molecular weight is 294 g/mol. The lowest BCUT2D eigenvalue weighted by molar-refractivity contribution is -0.140. The number of ether oxygens (including phenoxy) is 1. The highest BCUT2D eigenvalue weighted by atomic mass is 16.5. The van der Waals surface area contributed by atoms with Gasteiger partial charge < -0.3 is 20.9 Å². The molecule has 0 heterocycles. The molecule has 2 unspecified atom stereocenters. The predicted octanol–water partition coefficient (Wildman–Crippen LogP) is 1.07. The highest BCUT2D eigenvalue weighted by molar-refractivity contribution is 5.76. The van der Waals surface area contributed by atoms with Gasteiger partial charge in [0.25, 0.3) is 0 Å². The Labute approximate surface area is 124 Å². The summed E-state index contributed by atoms with van der Waals surface area (Å²) in [6.07, 6.45) is 0.168. The Kier molecular flexibility index (Phi) is 7.42. The number of amides is 1. The van der Waals surface area contributed by atoms with Crippen LogP contribution in [0, 0.1) is 0 Å². The van der Waals surface area contributed by atoms with Crippen LogP contribution in [0.2, 0.25) is 0 Å². The molecular formula is C15H22N2O4. The van der Waals surface area contributed by atoms with E-state index in [1.54, 1.807) is 0 Å². The Bertz CT molecular complexity index is 450. The molecule has 1 aromatic carbocycles. The first-order valence-corrected chi connectivity index (χ1v) is 6.84. The number of carboxylic acid groups (broad SMARTS) is 1. The zero-order chi connectivity index (χ0) is 15.7. The molecule has 6 nitrogen and oxygen atoms in total. The van der Waals surface area contributed by atoms with E-state index in [2.05, 4.69) is 5.32 Å². The maximum Gasteiger partial charge on any atom is 0.306 e. The van der Waals surface area contributed by atoms with Crippen LogP contribution in [0.1, 0.15) is 30.9 Å². The summed E-state index contributed by atoms with van der Waals surface area (Å²) in [5.41, 5.74) is 7.00. The SMILES string of the molecule is COC(CNC(=O)CCC(N)c1ccccc1)CC(=O)O. The lowest BCUT2D eigenvalue weighted by atomic mass is 10.0. The van der Waals surface area contributed by atoms with Gasteiger partial charge >= 0.3 is 5.97 Å². The Balaban J connectivity index is 2.29. The number of methoxy groups -OCH3 is 1. The van der Waals surface area contributed by atoms with Crippen LogP contribution in [0.3, 0.4) is 0 Å². The standard InChI is InChI=1S/C15H22N2O4/c1-21-12(9-15(19)20)10-17-14(18)8-7-13(16)11-5-3-2-4-6-11/h2-6,12-13H,7-10,16H2,1H3,(H,17,18)(H,19,20). The van der Waals surface area contributed by atoms with Crippen molar-refractivity contribution in [1.29, 1.82) is 0 Å². The van der Waals surface area contributed by atoms with Gasteiger partial charge in [-0.25, -0.2) is 0 Å². The number of nitrogens with one attached hydrogen (secondary N) is 1. The zero-order valence-corrected chi connectivity index (χ0v) is 12.1. The molecule has 0 saturated heterocycles. The highest BCUT2D eigenvalue weighted by Crippen LogP contribution is 2.14. The monoisotopic (exact) mass is 294 g/mol. The number of aliphatic carboxylic acids is 1. The molecule has 0 bridgehead atoms. The molecule has 0 fully saturated rings. The molecule has 21 heavy (non-hydrogen) atoms. The molecule has 0 saturated carbocycles.